The summed E-state index contributed by atoms with van der Waals surface area (Å²) in [5.41, 5.74) is 3.56. The van der Waals surface area contributed by atoms with E-state index in [-0.39, 0.29) is 6.04 Å². The van der Waals surface area contributed by atoms with E-state index in [1.54, 1.807) is 19.4 Å². The van der Waals surface area contributed by atoms with Crippen molar-refractivity contribution in [2.75, 3.05) is 26.9 Å². The molecule has 2 aromatic rings. The van der Waals surface area contributed by atoms with Crippen LogP contribution in [0.25, 0.3) is 0 Å². The number of morpholine rings is 1. The van der Waals surface area contributed by atoms with Crippen molar-refractivity contribution in [2.45, 2.75) is 39.0 Å². The molecule has 5 nitrogen and oxygen atoms in total. The van der Waals surface area contributed by atoms with E-state index in [9.17, 15) is 5.11 Å². The van der Waals surface area contributed by atoms with Crippen molar-refractivity contribution in [1.82, 2.24) is 4.90 Å². The van der Waals surface area contributed by atoms with E-state index >= 15 is 0 Å². The van der Waals surface area contributed by atoms with Gasteiger partial charge in [-0.3, -0.25) is 4.90 Å². The number of nitrogens with zero attached hydrogens (tertiary/aromatic N) is 1. The predicted octanol–water partition coefficient (Wildman–Crippen LogP) is 3.23. The lowest BCUT2D eigenvalue weighted by Gasteiger charge is -2.36. The second-order valence-corrected chi connectivity index (χ2v) is 6.73. The van der Waals surface area contributed by atoms with Crippen molar-refractivity contribution in [3.8, 4) is 5.75 Å². The summed E-state index contributed by atoms with van der Waals surface area (Å²) < 4.78 is 16.4. The molecule has 0 spiro atoms. The summed E-state index contributed by atoms with van der Waals surface area (Å²) in [6.45, 7) is 7.21. The van der Waals surface area contributed by atoms with Crippen LogP contribution in [0.2, 0.25) is 0 Å². The highest BCUT2D eigenvalue weighted by Crippen LogP contribution is 2.27. The number of aliphatic hydroxyl groups is 1. The van der Waals surface area contributed by atoms with Crippen LogP contribution in [0, 0.1) is 13.8 Å². The average molecular weight is 345 g/mol. The Morgan fingerprint density at radius 1 is 1.32 bits per heavy atom. The number of furan rings is 1. The molecular formula is C20H27NO4. The molecule has 2 atom stereocenters. The van der Waals surface area contributed by atoms with Gasteiger partial charge in [0.15, 0.2) is 0 Å². The highest BCUT2D eigenvalue weighted by molar-refractivity contribution is 5.43. The van der Waals surface area contributed by atoms with Gasteiger partial charge in [-0.25, -0.2) is 0 Å². The van der Waals surface area contributed by atoms with E-state index in [1.165, 1.54) is 5.56 Å². The number of hydrogen-bond donors (Lipinski definition) is 1. The Kier molecular flexibility index (Phi) is 5.78. The summed E-state index contributed by atoms with van der Waals surface area (Å²) >= 11 is 0. The van der Waals surface area contributed by atoms with Crippen LogP contribution in [-0.2, 0) is 11.3 Å². The van der Waals surface area contributed by atoms with Gasteiger partial charge in [0.2, 0.25) is 0 Å². The SMILES string of the molecule is COc1c(C)cc(CN2CCOCC2CC(O)c2ccco2)cc1C. The average Bonchev–Trinajstić information content (AvgIpc) is 3.11. The Labute approximate surface area is 149 Å². The molecule has 5 heteroatoms. The molecule has 1 aliphatic heterocycles. The Bertz CT molecular complexity index is 660. The van der Waals surface area contributed by atoms with Crippen molar-refractivity contribution in [1.29, 1.82) is 0 Å². The van der Waals surface area contributed by atoms with Crippen LogP contribution >= 0.6 is 0 Å². The fraction of sp³-hybridized carbons (Fsp3) is 0.500. The van der Waals surface area contributed by atoms with Crippen molar-refractivity contribution >= 4 is 0 Å². The maximum Gasteiger partial charge on any atom is 0.132 e. The maximum atomic E-state index is 10.4. The molecule has 2 heterocycles. The zero-order valence-electron chi connectivity index (χ0n) is 15.2. The number of methoxy groups -OCH3 is 1. The molecule has 0 amide bonds. The third kappa shape index (κ3) is 4.24. The summed E-state index contributed by atoms with van der Waals surface area (Å²) in [6.07, 6.45) is 1.58. The molecule has 1 aromatic heterocycles. The third-order valence-electron chi connectivity index (χ3n) is 4.83. The molecule has 2 unspecified atom stereocenters. The predicted molar refractivity (Wildman–Crippen MR) is 95.8 cm³/mol. The van der Waals surface area contributed by atoms with Gasteiger partial charge in [0, 0.05) is 19.1 Å². The van der Waals surface area contributed by atoms with Gasteiger partial charge >= 0.3 is 0 Å². The van der Waals surface area contributed by atoms with Crippen LogP contribution in [0.4, 0.5) is 0 Å². The molecule has 0 aliphatic carbocycles. The Balaban J connectivity index is 1.71. The molecule has 1 aliphatic rings. The fourth-order valence-corrected chi connectivity index (χ4v) is 3.66. The summed E-state index contributed by atoms with van der Waals surface area (Å²) in [5, 5.41) is 10.4. The molecule has 136 valence electrons. The largest absolute Gasteiger partial charge is 0.496 e. The summed E-state index contributed by atoms with van der Waals surface area (Å²) in [4.78, 5) is 2.39. The first kappa shape index (κ1) is 18.0. The third-order valence-corrected chi connectivity index (χ3v) is 4.83. The zero-order valence-corrected chi connectivity index (χ0v) is 15.2. The van der Waals surface area contributed by atoms with Crippen LogP contribution in [0.3, 0.4) is 0 Å². The normalized spacial score (nSPS) is 19.8. The first-order chi connectivity index (χ1) is 12.1. The van der Waals surface area contributed by atoms with Crippen LogP contribution in [0.1, 0.15) is 35.0 Å². The highest BCUT2D eigenvalue weighted by atomic mass is 16.5. The molecule has 0 saturated carbocycles. The maximum absolute atomic E-state index is 10.4. The van der Waals surface area contributed by atoms with Crippen molar-refractivity contribution in [2.24, 2.45) is 0 Å². The number of rotatable bonds is 6. The van der Waals surface area contributed by atoms with Gasteiger partial charge in [-0.1, -0.05) is 12.1 Å². The van der Waals surface area contributed by atoms with Gasteiger partial charge in [0.1, 0.15) is 17.6 Å². The van der Waals surface area contributed by atoms with Crippen LogP contribution in [0.15, 0.2) is 34.9 Å². The fourth-order valence-electron chi connectivity index (χ4n) is 3.66. The minimum Gasteiger partial charge on any atom is -0.496 e. The smallest absolute Gasteiger partial charge is 0.132 e. The summed E-state index contributed by atoms with van der Waals surface area (Å²) in [6, 6.07) is 8.14. The standard InChI is InChI=1S/C20H27NO4/c1-14-9-16(10-15(2)20(14)23-3)12-21-6-8-24-13-17(21)11-18(22)19-5-4-7-25-19/h4-5,7,9-10,17-18,22H,6,8,11-13H2,1-3H3. The molecular weight excluding hydrogens is 318 g/mol. The molecule has 3 rings (SSSR count). The van der Waals surface area contributed by atoms with E-state index in [2.05, 4.69) is 30.9 Å². The lowest BCUT2D eigenvalue weighted by atomic mass is 10.0. The van der Waals surface area contributed by atoms with Crippen LogP contribution in [0.5, 0.6) is 5.75 Å². The molecule has 0 bridgehead atoms. The van der Waals surface area contributed by atoms with Gasteiger partial charge in [0.25, 0.3) is 0 Å². The molecule has 25 heavy (non-hydrogen) atoms. The second-order valence-electron chi connectivity index (χ2n) is 6.73. The summed E-state index contributed by atoms with van der Waals surface area (Å²) in [7, 11) is 1.71. The summed E-state index contributed by atoms with van der Waals surface area (Å²) in [5.74, 6) is 1.57. The quantitative estimate of drug-likeness (QED) is 0.871. The number of benzene rings is 1. The Morgan fingerprint density at radius 3 is 2.72 bits per heavy atom. The minimum atomic E-state index is -0.608. The van der Waals surface area contributed by atoms with Crippen LogP contribution in [-0.4, -0.2) is 42.9 Å². The minimum absolute atomic E-state index is 0.163. The second kappa shape index (κ2) is 8.04. The van der Waals surface area contributed by atoms with Crippen molar-refractivity contribution in [3.05, 3.63) is 53.0 Å². The highest BCUT2D eigenvalue weighted by Gasteiger charge is 2.27. The lowest BCUT2D eigenvalue weighted by Crippen LogP contribution is -2.45. The zero-order chi connectivity index (χ0) is 17.8. The van der Waals surface area contributed by atoms with Gasteiger partial charge in [-0.15, -0.1) is 0 Å². The van der Waals surface area contributed by atoms with E-state index in [0.717, 1.165) is 36.6 Å². The Hall–Kier alpha value is -1.82. The number of aliphatic hydroxyl groups excluding tert-OH is 1. The van der Waals surface area contributed by atoms with Gasteiger partial charge in [-0.05, 0) is 49.1 Å². The van der Waals surface area contributed by atoms with Crippen LogP contribution < -0.4 is 4.74 Å². The van der Waals surface area contributed by atoms with E-state index in [0.29, 0.717) is 18.8 Å². The lowest BCUT2D eigenvalue weighted by molar-refractivity contribution is -0.0323. The molecule has 1 N–H and O–H groups in total. The van der Waals surface area contributed by atoms with Gasteiger partial charge < -0.3 is 19.0 Å². The number of aryl methyl sites for hydroxylation is 2. The topological polar surface area (TPSA) is 55.1 Å². The molecule has 1 aromatic carbocycles. The van der Waals surface area contributed by atoms with Crippen molar-refractivity contribution < 1.29 is 19.0 Å². The molecule has 1 fully saturated rings. The first-order valence-electron chi connectivity index (χ1n) is 8.76. The monoisotopic (exact) mass is 345 g/mol. The number of hydrogen-bond acceptors (Lipinski definition) is 5. The Morgan fingerprint density at radius 2 is 2.08 bits per heavy atom. The van der Waals surface area contributed by atoms with Crippen molar-refractivity contribution in [3.63, 3.8) is 0 Å². The first-order valence-corrected chi connectivity index (χ1v) is 8.76. The number of ether oxygens (including phenoxy) is 2. The molecule has 0 radical (unpaired) electrons. The van der Waals surface area contributed by atoms with E-state index < -0.39 is 6.10 Å². The van der Waals surface area contributed by atoms with E-state index in [1.807, 2.05) is 6.07 Å². The van der Waals surface area contributed by atoms with Gasteiger partial charge in [0.05, 0.1) is 26.6 Å². The molecule has 1 saturated heterocycles. The van der Waals surface area contributed by atoms with E-state index in [4.69, 9.17) is 13.9 Å². The van der Waals surface area contributed by atoms with Gasteiger partial charge in [-0.2, -0.15) is 0 Å².